The molecule has 1 fully saturated rings. The van der Waals surface area contributed by atoms with E-state index in [0.717, 1.165) is 23.1 Å². The van der Waals surface area contributed by atoms with Gasteiger partial charge in [-0.1, -0.05) is 37.4 Å². The first-order valence-electron chi connectivity index (χ1n) is 19.9. The van der Waals surface area contributed by atoms with Gasteiger partial charge >= 0.3 is 0 Å². The third-order valence-electron chi connectivity index (χ3n) is 11.6. The predicted octanol–water partition coefficient (Wildman–Crippen LogP) is 8.45. The van der Waals surface area contributed by atoms with Crippen LogP contribution in [0.25, 0.3) is 22.0 Å². The van der Waals surface area contributed by atoms with Gasteiger partial charge in [0.25, 0.3) is 18.8 Å². The van der Waals surface area contributed by atoms with Crippen molar-refractivity contribution in [2.75, 3.05) is 11.0 Å². The number of carbonyl (C=O) groups is 1. The molecule has 348 valence electrons. The van der Waals surface area contributed by atoms with Gasteiger partial charge in [0.1, 0.15) is 46.6 Å². The summed E-state index contributed by atoms with van der Waals surface area (Å²) < 4.78 is 171. The largest absolute Gasteiger partial charge is 0.346 e. The Morgan fingerprint density at radius 1 is 0.954 bits per heavy atom. The minimum atomic E-state index is -4.05. The van der Waals surface area contributed by atoms with Crippen LogP contribution in [0.1, 0.15) is 92.8 Å². The first-order chi connectivity index (χ1) is 30.2. The highest BCUT2D eigenvalue weighted by atomic mass is 35.5. The number of benzene rings is 2. The van der Waals surface area contributed by atoms with Crippen molar-refractivity contribution >= 4 is 54.1 Å². The number of nitrogens with zero attached hydrogens (tertiary/aromatic N) is 5. The van der Waals surface area contributed by atoms with Gasteiger partial charge < -0.3 is 5.32 Å². The Kier molecular flexibility index (Phi) is 12.6. The highest BCUT2D eigenvalue weighted by Crippen LogP contribution is 2.54. The van der Waals surface area contributed by atoms with Crippen LogP contribution in [0.4, 0.5) is 40.9 Å². The van der Waals surface area contributed by atoms with Gasteiger partial charge in [-0.2, -0.15) is 19.0 Å². The average molecular weight is 974 g/mol. The van der Waals surface area contributed by atoms with Crippen molar-refractivity contribution in [1.82, 2.24) is 29.9 Å². The fourth-order valence-corrected chi connectivity index (χ4v) is 9.49. The molecule has 0 unspecified atom stereocenters. The van der Waals surface area contributed by atoms with Crippen molar-refractivity contribution in [3.8, 4) is 23.0 Å². The van der Waals surface area contributed by atoms with Crippen LogP contribution in [0.3, 0.4) is 0 Å². The van der Waals surface area contributed by atoms with E-state index >= 15 is 8.78 Å². The first kappa shape index (κ1) is 47.7. The number of carbonyl (C=O) groups excluding carboxylic acids is 1. The molecule has 7 rings (SSSR count). The third kappa shape index (κ3) is 9.41. The second-order valence-electron chi connectivity index (χ2n) is 16.7. The average Bonchev–Trinajstić information content (AvgIpc) is 3.88. The molecule has 1 amide bonds. The number of sulfonamides is 1. The van der Waals surface area contributed by atoms with E-state index in [1.165, 1.54) is 52.0 Å². The molecule has 2 aliphatic rings. The SMILES string of the molecule is C[C@@H]1c2c(C(F)F)nn(CC(=O)N[C@@H](Cc3cc(F)cc(F)c3)c3nc(C#CC(C)(C)S(C)(=O)=O)ccc3-c3ccc(Cl)c4c(NS(=O)(=O)C5CC5)nn(CC(F)F)c34)c2C(F)(F)[C@@H]1C. The van der Waals surface area contributed by atoms with Crippen molar-refractivity contribution in [1.29, 1.82) is 0 Å². The molecular weight excluding hydrogens is 934 g/mol. The van der Waals surface area contributed by atoms with Crippen LogP contribution in [0, 0.1) is 29.4 Å². The minimum Gasteiger partial charge on any atom is -0.346 e. The van der Waals surface area contributed by atoms with Crippen LogP contribution in [0.2, 0.25) is 5.02 Å². The lowest BCUT2D eigenvalue weighted by Crippen LogP contribution is -2.35. The summed E-state index contributed by atoms with van der Waals surface area (Å²) in [5, 5.41) is 9.49. The van der Waals surface area contributed by atoms with E-state index in [1.807, 2.05) is 0 Å². The Bertz CT molecular complexity index is 3000. The van der Waals surface area contributed by atoms with E-state index in [1.54, 1.807) is 0 Å². The van der Waals surface area contributed by atoms with E-state index < -0.39 is 121 Å². The Morgan fingerprint density at radius 2 is 1.60 bits per heavy atom. The van der Waals surface area contributed by atoms with Gasteiger partial charge in [-0.05, 0) is 80.8 Å². The number of amides is 1. The highest BCUT2D eigenvalue weighted by Gasteiger charge is 2.55. The molecule has 0 aliphatic heterocycles. The fourth-order valence-electron chi connectivity index (χ4n) is 7.68. The standard InChI is InChI=1S/C42H40ClF8N7O5S2/c1-20-21(2)42(50,51)38-33(20)36(39(48)49)54-58(38)19-32(59)53-30(16-22-14-23(44)17-24(45)15-22)35-27(9-6-25(52-35)12-13-41(3,4)64(5,60)61)28-10-11-29(43)34-37(28)57(18-31(46)47)55-40(34)56-65(62,63)26-7-8-26/h6,9-11,14-15,17,20-21,26,30-31,39H,7-8,16,18-19H2,1-5H3,(H,53,59)(H,55,56)/t20-,21+,30-/m0/s1. The number of aromatic nitrogens is 5. The molecule has 65 heavy (non-hydrogen) atoms. The zero-order valence-electron chi connectivity index (χ0n) is 35.0. The van der Waals surface area contributed by atoms with Crippen LogP contribution in [0.5, 0.6) is 0 Å². The van der Waals surface area contributed by atoms with Crippen LogP contribution in [-0.2, 0) is 50.1 Å². The molecule has 0 bridgehead atoms. The summed E-state index contributed by atoms with van der Waals surface area (Å²) in [6.07, 6.45) is -5.21. The van der Waals surface area contributed by atoms with Crippen LogP contribution >= 0.6 is 11.6 Å². The normalized spacial score (nSPS) is 17.9. The van der Waals surface area contributed by atoms with Crippen LogP contribution in [0.15, 0.2) is 42.5 Å². The molecule has 0 radical (unpaired) electrons. The molecule has 0 spiro atoms. The van der Waals surface area contributed by atoms with Gasteiger partial charge in [-0.15, -0.1) is 0 Å². The number of alkyl halides is 6. The summed E-state index contributed by atoms with van der Waals surface area (Å²) in [5.74, 6) is -4.48. The smallest absolute Gasteiger partial charge is 0.292 e. The van der Waals surface area contributed by atoms with Crippen LogP contribution < -0.4 is 10.0 Å². The zero-order valence-corrected chi connectivity index (χ0v) is 37.4. The Hall–Kier alpha value is -5.27. The maximum atomic E-state index is 15.7. The van der Waals surface area contributed by atoms with Gasteiger partial charge in [0.05, 0.1) is 32.9 Å². The molecule has 23 heteroatoms. The number of anilines is 1. The number of hydrogen-bond acceptors (Lipinski definition) is 8. The Morgan fingerprint density at radius 3 is 2.20 bits per heavy atom. The lowest BCUT2D eigenvalue weighted by Gasteiger charge is -2.23. The fraction of sp³-hybridized carbons (Fsp3) is 0.429. The second-order valence-corrected chi connectivity index (χ2v) is 21.6. The van der Waals surface area contributed by atoms with Gasteiger partial charge in [0.2, 0.25) is 15.9 Å². The van der Waals surface area contributed by atoms with E-state index in [2.05, 4.69) is 37.1 Å². The van der Waals surface area contributed by atoms with E-state index in [-0.39, 0.29) is 49.8 Å². The topological polar surface area (TPSA) is 158 Å². The summed E-state index contributed by atoms with van der Waals surface area (Å²) in [5.41, 5.74) is -2.83. The van der Waals surface area contributed by atoms with Crippen LogP contribution in [-0.4, -0.2) is 70.0 Å². The maximum absolute atomic E-state index is 15.7. The molecule has 3 heterocycles. The molecule has 5 aromatic rings. The zero-order chi connectivity index (χ0) is 47.7. The minimum absolute atomic E-state index is 0.00616. The van der Waals surface area contributed by atoms with Crippen molar-refractivity contribution < 1.29 is 56.8 Å². The molecule has 2 aliphatic carbocycles. The summed E-state index contributed by atoms with van der Waals surface area (Å²) in [6.45, 7) is 3.01. The number of fused-ring (bicyclic) bond motifs is 2. The molecule has 3 aromatic heterocycles. The van der Waals surface area contributed by atoms with Gasteiger partial charge in [-0.3, -0.25) is 18.9 Å². The molecule has 2 N–H and O–H groups in total. The van der Waals surface area contributed by atoms with Crippen molar-refractivity contribution in [3.05, 3.63) is 93.0 Å². The third-order valence-corrected chi connectivity index (χ3v) is 15.7. The molecular formula is C42H40ClF8N7O5S2. The van der Waals surface area contributed by atoms with Gasteiger partial charge in [-0.25, -0.2) is 48.2 Å². The molecule has 2 aromatic carbocycles. The van der Waals surface area contributed by atoms with E-state index in [9.17, 15) is 48.0 Å². The summed E-state index contributed by atoms with van der Waals surface area (Å²) in [7, 11) is -7.84. The first-order valence-corrected chi connectivity index (χ1v) is 23.8. The Balaban J connectivity index is 1.44. The summed E-state index contributed by atoms with van der Waals surface area (Å²) in [4.78, 5) is 18.8. The molecule has 12 nitrogen and oxygen atoms in total. The van der Waals surface area contributed by atoms with E-state index in [0.29, 0.717) is 23.6 Å². The number of halogens is 9. The van der Waals surface area contributed by atoms with Crippen molar-refractivity contribution in [2.45, 2.75) is 101 Å². The molecule has 0 saturated heterocycles. The molecule has 1 saturated carbocycles. The number of hydrogen-bond donors (Lipinski definition) is 2. The number of sulfone groups is 1. The van der Waals surface area contributed by atoms with Crippen molar-refractivity contribution in [2.24, 2.45) is 5.92 Å². The summed E-state index contributed by atoms with van der Waals surface area (Å²) in [6, 6.07) is 6.22. The van der Waals surface area contributed by atoms with Crippen molar-refractivity contribution in [3.63, 3.8) is 0 Å². The van der Waals surface area contributed by atoms with Gasteiger partial charge in [0, 0.05) is 34.9 Å². The monoisotopic (exact) mass is 973 g/mol. The van der Waals surface area contributed by atoms with Gasteiger partial charge in [0.15, 0.2) is 15.7 Å². The lowest BCUT2D eigenvalue weighted by atomic mass is 9.93. The quantitative estimate of drug-likeness (QED) is 0.0830. The predicted molar refractivity (Wildman–Crippen MR) is 225 cm³/mol. The highest BCUT2D eigenvalue weighted by molar-refractivity contribution is 7.93. The Labute approximate surface area is 373 Å². The number of nitrogens with one attached hydrogen (secondary N) is 2. The maximum Gasteiger partial charge on any atom is 0.292 e. The molecule has 3 atom stereocenters. The summed E-state index contributed by atoms with van der Waals surface area (Å²) >= 11 is 6.63. The van der Waals surface area contributed by atoms with E-state index in [4.69, 9.17) is 11.6 Å². The second kappa shape index (κ2) is 17.2. The number of pyridine rings is 1. The lowest BCUT2D eigenvalue weighted by molar-refractivity contribution is -0.123. The number of rotatable bonds is 14.